The van der Waals surface area contributed by atoms with Gasteiger partial charge in [0.25, 0.3) is 5.69 Å². The smallest absolute Gasteiger partial charge is 0.270 e. The van der Waals surface area contributed by atoms with Crippen LogP contribution in [-0.4, -0.2) is 29.3 Å². The third kappa shape index (κ3) is 4.31. The van der Waals surface area contributed by atoms with Crippen molar-refractivity contribution in [1.29, 1.82) is 0 Å². The van der Waals surface area contributed by atoms with Crippen LogP contribution in [0.3, 0.4) is 0 Å². The van der Waals surface area contributed by atoms with Crippen LogP contribution in [0.5, 0.6) is 5.75 Å². The molecule has 1 aromatic rings. The average Bonchev–Trinajstić information content (AvgIpc) is 2.26. The molecular weight excluding hydrogens is 236 g/mol. The molecule has 0 aromatic heterocycles. The molecular formula is C12H18N2O4. The van der Waals surface area contributed by atoms with E-state index in [1.54, 1.807) is 27.0 Å². The zero-order valence-corrected chi connectivity index (χ0v) is 10.8. The Bertz CT molecular complexity index is 427. The molecule has 0 radical (unpaired) electrons. The summed E-state index contributed by atoms with van der Waals surface area (Å²) < 4.78 is 5.48. The summed E-state index contributed by atoms with van der Waals surface area (Å²) in [5.41, 5.74) is -0.231. The maximum absolute atomic E-state index is 10.7. The molecule has 1 aromatic carbocycles. The van der Waals surface area contributed by atoms with Crippen molar-refractivity contribution < 1.29 is 14.8 Å². The first-order valence-corrected chi connectivity index (χ1v) is 5.60. The third-order valence-electron chi connectivity index (χ3n) is 2.20. The van der Waals surface area contributed by atoms with Crippen LogP contribution < -0.4 is 10.1 Å². The Balaban J connectivity index is 2.92. The minimum Gasteiger partial charge on any atom is -0.490 e. The highest BCUT2D eigenvalue weighted by Crippen LogP contribution is 2.24. The van der Waals surface area contributed by atoms with Crippen LogP contribution >= 0.6 is 0 Å². The van der Waals surface area contributed by atoms with Gasteiger partial charge in [0.1, 0.15) is 12.4 Å². The number of ether oxygens (including phenoxy) is 1. The van der Waals surface area contributed by atoms with Gasteiger partial charge in [-0.05, 0) is 27.0 Å². The second-order valence-electron chi connectivity index (χ2n) is 4.68. The van der Waals surface area contributed by atoms with Crippen molar-refractivity contribution in [2.24, 2.45) is 0 Å². The summed E-state index contributed by atoms with van der Waals surface area (Å²) in [5.74, 6) is 0.539. The fourth-order valence-electron chi connectivity index (χ4n) is 1.40. The second-order valence-corrected chi connectivity index (χ2v) is 4.68. The Hall–Kier alpha value is -1.66. The number of nitrogens with zero attached hydrogens (tertiary/aromatic N) is 1. The summed E-state index contributed by atoms with van der Waals surface area (Å²) in [7, 11) is 1.75. The van der Waals surface area contributed by atoms with Crippen LogP contribution in [0.15, 0.2) is 18.2 Å². The van der Waals surface area contributed by atoms with Gasteiger partial charge in [-0.25, -0.2) is 0 Å². The van der Waals surface area contributed by atoms with Crippen molar-refractivity contribution in [1.82, 2.24) is 5.32 Å². The molecule has 0 amide bonds. The van der Waals surface area contributed by atoms with Crippen molar-refractivity contribution in [2.75, 3.05) is 13.7 Å². The number of nitro groups is 1. The van der Waals surface area contributed by atoms with Gasteiger partial charge in [-0.15, -0.1) is 0 Å². The van der Waals surface area contributed by atoms with Crippen LogP contribution in [-0.2, 0) is 6.54 Å². The molecule has 0 unspecified atom stereocenters. The van der Waals surface area contributed by atoms with Crippen LogP contribution in [0.4, 0.5) is 5.69 Å². The van der Waals surface area contributed by atoms with E-state index >= 15 is 0 Å². The molecule has 18 heavy (non-hydrogen) atoms. The summed E-state index contributed by atoms with van der Waals surface area (Å²) in [6.45, 7) is 3.86. The summed E-state index contributed by atoms with van der Waals surface area (Å²) in [6, 6.07) is 4.41. The number of hydrogen-bond acceptors (Lipinski definition) is 5. The largest absolute Gasteiger partial charge is 0.490 e. The predicted molar refractivity (Wildman–Crippen MR) is 67.7 cm³/mol. The van der Waals surface area contributed by atoms with E-state index in [4.69, 9.17) is 4.74 Å². The lowest BCUT2D eigenvalue weighted by Crippen LogP contribution is -2.28. The first kappa shape index (κ1) is 14.4. The molecule has 100 valence electrons. The first-order valence-electron chi connectivity index (χ1n) is 5.60. The van der Waals surface area contributed by atoms with Crippen molar-refractivity contribution in [2.45, 2.75) is 26.0 Å². The minimum absolute atomic E-state index is 0.0239. The van der Waals surface area contributed by atoms with Gasteiger partial charge in [-0.2, -0.15) is 0 Å². The zero-order valence-electron chi connectivity index (χ0n) is 10.8. The molecule has 0 aliphatic rings. The van der Waals surface area contributed by atoms with Gasteiger partial charge >= 0.3 is 0 Å². The summed E-state index contributed by atoms with van der Waals surface area (Å²) in [6.07, 6.45) is 0. The SMILES string of the molecule is CNCc1cc([N+](=O)[O-])ccc1OCC(C)(C)O. The molecule has 6 heteroatoms. The van der Waals surface area contributed by atoms with Gasteiger partial charge in [0, 0.05) is 24.2 Å². The Morgan fingerprint density at radius 1 is 1.50 bits per heavy atom. The van der Waals surface area contributed by atoms with Gasteiger partial charge in [0.15, 0.2) is 0 Å². The number of hydrogen-bond donors (Lipinski definition) is 2. The number of rotatable bonds is 6. The summed E-state index contributed by atoms with van der Waals surface area (Å²) >= 11 is 0. The molecule has 0 saturated carbocycles. The van der Waals surface area contributed by atoms with Gasteiger partial charge in [0.05, 0.1) is 10.5 Å². The first-order chi connectivity index (χ1) is 8.33. The molecule has 0 aliphatic carbocycles. The molecule has 0 atom stereocenters. The Labute approximate surface area is 106 Å². The maximum Gasteiger partial charge on any atom is 0.270 e. The van der Waals surface area contributed by atoms with Gasteiger partial charge in [-0.3, -0.25) is 10.1 Å². The van der Waals surface area contributed by atoms with Gasteiger partial charge in [-0.1, -0.05) is 0 Å². The molecule has 0 aliphatic heterocycles. The van der Waals surface area contributed by atoms with Crippen molar-refractivity contribution in [3.63, 3.8) is 0 Å². The molecule has 1 rings (SSSR count). The van der Waals surface area contributed by atoms with E-state index in [1.807, 2.05) is 0 Å². The zero-order chi connectivity index (χ0) is 13.8. The Morgan fingerprint density at radius 2 is 2.17 bits per heavy atom. The highest BCUT2D eigenvalue weighted by Gasteiger charge is 2.16. The highest BCUT2D eigenvalue weighted by molar-refractivity contribution is 5.43. The Kier molecular flexibility index (Phi) is 4.63. The molecule has 0 heterocycles. The third-order valence-corrected chi connectivity index (χ3v) is 2.20. The number of nitrogens with one attached hydrogen (secondary N) is 1. The number of aliphatic hydroxyl groups is 1. The molecule has 0 spiro atoms. The molecule has 2 N–H and O–H groups in total. The van der Waals surface area contributed by atoms with Crippen molar-refractivity contribution in [3.8, 4) is 5.75 Å². The summed E-state index contributed by atoms with van der Waals surface area (Å²) in [5, 5.41) is 23.2. The number of nitro benzene ring substituents is 1. The number of benzene rings is 1. The van der Waals surface area contributed by atoms with Gasteiger partial charge < -0.3 is 15.2 Å². The fourth-order valence-corrected chi connectivity index (χ4v) is 1.40. The normalized spacial score (nSPS) is 11.3. The maximum atomic E-state index is 10.7. The van der Waals surface area contributed by atoms with Crippen LogP contribution in [0.1, 0.15) is 19.4 Å². The van der Waals surface area contributed by atoms with E-state index < -0.39 is 10.5 Å². The topological polar surface area (TPSA) is 84.6 Å². The van der Waals surface area contributed by atoms with E-state index in [1.165, 1.54) is 12.1 Å². The van der Waals surface area contributed by atoms with E-state index in [9.17, 15) is 15.2 Å². The molecule has 0 bridgehead atoms. The van der Waals surface area contributed by atoms with Gasteiger partial charge in [0.2, 0.25) is 0 Å². The van der Waals surface area contributed by atoms with E-state index in [2.05, 4.69) is 5.32 Å². The predicted octanol–water partition coefficient (Wildman–Crippen LogP) is 1.46. The highest BCUT2D eigenvalue weighted by atomic mass is 16.6. The molecule has 0 fully saturated rings. The van der Waals surface area contributed by atoms with E-state index in [0.717, 1.165) is 0 Å². The van der Waals surface area contributed by atoms with Crippen LogP contribution in [0.25, 0.3) is 0 Å². The van der Waals surface area contributed by atoms with Crippen molar-refractivity contribution >= 4 is 5.69 Å². The van der Waals surface area contributed by atoms with E-state index in [0.29, 0.717) is 17.9 Å². The summed E-state index contributed by atoms with van der Waals surface area (Å²) in [4.78, 5) is 10.2. The van der Waals surface area contributed by atoms with Crippen LogP contribution in [0, 0.1) is 10.1 Å². The lowest BCUT2D eigenvalue weighted by Gasteiger charge is -2.19. The molecule has 0 saturated heterocycles. The fraction of sp³-hybridized carbons (Fsp3) is 0.500. The van der Waals surface area contributed by atoms with Crippen LogP contribution in [0.2, 0.25) is 0 Å². The molecule has 6 nitrogen and oxygen atoms in total. The standard InChI is InChI=1S/C12H18N2O4/c1-12(2,15)8-18-11-5-4-10(14(16)17)6-9(11)7-13-3/h4-6,13,15H,7-8H2,1-3H3. The second kappa shape index (κ2) is 5.79. The van der Waals surface area contributed by atoms with Crippen molar-refractivity contribution in [3.05, 3.63) is 33.9 Å². The quantitative estimate of drug-likeness (QED) is 0.593. The van der Waals surface area contributed by atoms with E-state index in [-0.39, 0.29) is 12.3 Å². The average molecular weight is 254 g/mol. The lowest BCUT2D eigenvalue weighted by atomic mass is 10.1. The number of non-ortho nitro benzene ring substituents is 1. The lowest BCUT2D eigenvalue weighted by molar-refractivity contribution is -0.384. The Morgan fingerprint density at radius 3 is 2.67 bits per heavy atom. The monoisotopic (exact) mass is 254 g/mol. The minimum atomic E-state index is -0.946.